The fourth-order valence-corrected chi connectivity index (χ4v) is 15.1. The second-order valence-corrected chi connectivity index (χ2v) is 21.2. The summed E-state index contributed by atoms with van der Waals surface area (Å²) < 4.78 is 35.9. The fourth-order valence-electron chi connectivity index (χ4n) is 9.90. The first-order valence-electron chi connectivity index (χ1n) is 18.5. The SMILES string of the molecule is COCOc1cc(C2C3CCC(C4C(C)Oc5nccc6c5c(nc(=O)n6C)N24)N3C(=O)O)c2c(C#C[Si](C(C)C)(C(C)C)C(C)C)c(F)ccc2c1. The van der Waals surface area contributed by atoms with Crippen LogP contribution >= 0.6 is 0 Å². The molecule has 53 heavy (non-hydrogen) atoms. The third kappa shape index (κ3) is 5.64. The molecule has 2 aromatic heterocycles. The number of fused-ring (bicyclic) bond motifs is 6. The van der Waals surface area contributed by atoms with E-state index < -0.39 is 55.9 Å². The van der Waals surface area contributed by atoms with Crippen LogP contribution in [0, 0.1) is 17.3 Å². The first kappa shape index (κ1) is 36.7. The Labute approximate surface area is 310 Å². The number of benzene rings is 2. The molecule has 11 nitrogen and oxygen atoms in total. The lowest BCUT2D eigenvalue weighted by Gasteiger charge is -2.52. The monoisotopic (exact) mass is 741 g/mol. The molecule has 0 saturated carbocycles. The molecule has 5 atom stereocenters. The molecule has 5 unspecified atom stereocenters. The second-order valence-electron chi connectivity index (χ2n) is 15.6. The van der Waals surface area contributed by atoms with Gasteiger partial charge in [-0.25, -0.2) is 19.0 Å². The number of amides is 1. The van der Waals surface area contributed by atoms with E-state index in [9.17, 15) is 14.7 Å². The van der Waals surface area contributed by atoms with Crippen LogP contribution < -0.4 is 20.1 Å². The highest BCUT2D eigenvalue weighted by Crippen LogP contribution is 2.53. The number of methoxy groups -OCH3 is 1. The zero-order valence-corrected chi connectivity index (χ0v) is 32.8. The molecule has 3 aliphatic rings. The molecule has 2 fully saturated rings. The maximum Gasteiger partial charge on any atom is 0.407 e. The highest BCUT2D eigenvalue weighted by molar-refractivity contribution is 6.90. The van der Waals surface area contributed by atoms with Crippen molar-refractivity contribution in [2.45, 2.75) is 108 Å². The van der Waals surface area contributed by atoms with Crippen molar-refractivity contribution in [2.24, 2.45) is 7.05 Å². The number of nitrogens with zero attached hydrogens (tertiary/aromatic N) is 5. The van der Waals surface area contributed by atoms with Crippen LogP contribution in [0.5, 0.6) is 11.6 Å². The summed E-state index contributed by atoms with van der Waals surface area (Å²) in [4.78, 5) is 39.7. The lowest BCUT2D eigenvalue weighted by molar-refractivity contribution is 0.0504. The summed E-state index contributed by atoms with van der Waals surface area (Å²) in [7, 11) is 0.877. The van der Waals surface area contributed by atoms with Crippen molar-refractivity contribution in [1.82, 2.24) is 19.4 Å². The number of aromatic nitrogens is 3. The lowest BCUT2D eigenvalue weighted by Crippen LogP contribution is -2.66. The van der Waals surface area contributed by atoms with Gasteiger partial charge in [0.05, 0.1) is 35.2 Å². The first-order valence-corrected chi connectivity index (χ1v) is 20.7. The van der Waals surface area contributed by atoms with Crippen molar-refractivity contribution in [3.05, 3.63) is 64.0 Å². The molecule has 2 aromatic carbocycles. The van der Waals surface area contributed by atoms with Crippen LogP contribution in [0.1, 0.15) is 78.5 Å². The Kier molecular flexibility index (Phi) is 9.43. The highest BCUT2D eigenvalue weighted by atomic mass is 28.3. The van der Waals surface area contributed by atoms with Gasteiger partial charge < -0.3 is 24.2 Å². The van der Waals surface area contributed by atoms with Gasteiger partial charge in [-0.05, 0) is 71.6 Å². The topological polar surface area (TPSA) is 119 Å². The van der Waals surface area contributed by atoms with Gasteiger partial charge in [-0.3, -0.25) is 9.47 Å². The van der Waals surface area contributed by atoms with Gasteiger partial charge in [-0.1, -0.05) is 53.5 Å². The molecule has 280 valence electrons. The molecular weight excluding hydrogens is 694 g/mol. The summed E-state index contributed by atoms with van der Waals surface area (Å²) in [5.74, 6) is 4.11. The summed E-state index contributed by atoms with van der Waals surface area (Å²) in [6, 6.07) is 6.23. The van der Waals surface area contributed by atoms with E-state index in [2.05, 4.69) is 67.9 Å². The van der Waals surface area contributed by atoms with Crippen LogP contribution in [0.2, 0.25) is 16.6 Å². The van der Waals surface area contributed by atoms with Gasteiger partial charge in [0, 0.05) is 25.7 Å². The number of halogens is 1. The lowest BCUT2D eigenvalue weighted by atomic mass is 9.86. The minimum atomic E-state index is -2.31. The molecule has 7 rings (SSSR count). The first-order chi connectivity index (χ1) is 25.2. The molecule has 0 aliphatic carbocycles. The number of carboxylic acid groups (broad SMARTS) is 1. The number of ether oxygens (including phenoxy) is 3. The van der Waals surface area contributed by atoms with Crippen molar-refractivity contribution in [2.75, 3.05) is 18.8 Å². The highest BCUT2D eigenvalue weighted by Gasteiger charge is 2.58. The van der Waals surface area contributed by atoms with Crippen LogP contribution in [-0.4, -0.2) is 76.8 Å². The minimum Gasteiger partial charge on any atom is -0.472 e. The standard InChI is InChI=1S/C40H48FN5O6Si/c1-21(2)53(22(3)4,23(5)6)17-15-27-29(41)11-10-25-18-26(51-20-50-9)19-28(33(25)27)36-32-13-12-31(45(32)40(48)49)35-24(7)52-38-34-30(14-16-42-38)44(8)39(47)43-37(34)46(35)36/h10-11,14,16,18-19,21-24,31-32,35-36H,12-13,20H2,1-9H3,(H,48,49). The third-order valence-corrected chi connectivity index (χ3v) is 18.4. The number of hydrogen-bond donors (Lipinski definition) is 1. The number of hydrogen-bond acceptors (Lipinski definition) is 8. The maximum absolute atomic E-state index is 16.5. The van der Waals surface area contributed by atoms with Gasteiger partial charge in [0.2, 0.25) is 5.88 Å². The molecule has 2 bridgehead atoms. The van der Waals surface area contributed by atoms with E-state index in [1.54, 1.807) is 25.4 Å². The van der Waals surface area contributed by atoms with E-state index in [1.807, 2.05) is 19.1 Å². The molecule has 4 aromatic rings. The van der Waals surface area contributed by atoms with E-state index in [0.29, 0.717) is 74.2 Å². The fraction of sp³-hybridized carbons (Fsp3) is 0.500. The van der Waals surface area contributed by atoms with Gasteiger partial charge in [0.1, 0.15) is 36.9 Å². The summed E-state index contributed by atoms with van der Waals surface area (Å²) in [6.07, 6.45) is 1.06. The number of rotatable bonds is 7. The molecule has 0 spiro atoms. The Balaban J connectivity index is 1.60. The van der Waals surface area contributed by atoms with E-state index in [4.69, 9.17) is 14.2 Å². The van der Waals surface area contributed by atoms with E-state index in [1.165, 1.54) is 22.6 Å². The van der Waals surface area contributed by atoms with Crippen molar-refractivity contribution in [3.8, 4) is 23.1 Å². The van der Waals surface area contributed by atoms with E-state index in [0.717, 1.165) is 0 Å². The average Bonchev–Trinajstić information content (AvgIpc) is 3.40. The zero-order chi connectivity index (χ0) is 38.1. The largest absolute Gasteiger partial charge is 0.472 e. The maximum atomic E-state index is 16.5. The number of aryl methyl sites for hydroxylation is 1. The quantitative estimate of drug-likeness (QED) is 0.118. The Morgan fingerprint density at radius 3 is 2.43 bits per heavy atom. The molecule has 1 amide bonds. The van der Waals surface area contributed by atoms with Gasteiger partial charge in [-0.2, -0.15) is 4.98 Å². The molecule has 1 N–H and O–H groups in total. The normalized spacial score (nSPS) is 22.2. The third-order valence-electron chi connectivity index (χ3n) is 12.1. The summed E-state index contributed by atoms with van der Waals surface area (Å²) in [6.45, 7) is 15.2. The zero-order valence-electron chi connectivity index (χ0n) is 31.8. The predicted octanol–water partition coefficient (Wildman–Crippen LogP) is 7.39. The average molecular weight is 742 g/mol. The Morgan fingerprint density at radius 2 is 1.77 bits per heavy atom. The number of pyridine rings is 1. The van der Waals surface area contributed by atoms with Crippen LogP contribution in [0.4, 0.5) is 15.0 Å². The minimum absolute atomic E-state index is 0.0331. The van der Waals surface area contributed by atoms with Crippen LogP contribution in [0.3, 0.4) is 0 Å². The Bertz CT molecular complexity index is 2210. The van der Waals surface area contributed by atoms with Crippen LogP contribution in [0.15, 0.2) is 41.3 Å². The summed E-state index contributed by atoms with van der Waals surface area (Å²) in [5.41, 5.74) is 5.69. The summed E-state index contributed by atoms with van der Waals surface area (Å²) in [5, 5.41) is 12.6. The second kappa shape index (κ2) is 13.6. The summed E-state index contributed by atoms with van der Waals surface area (Å²) >= 11 is 0. The Hall–Kier alpha value is -4.67. The van der Waals surface area contributed by atoms with Gasteiger partial charge in [0.15, 0.2) is 6.79 Å². The van der Waals surface area contributed by atoms with Crippen molar-refractivity contribution in [3.63, 3.8) is 0 Å². The number of anilines is 1. The molecule has 5 heterocycles. The smallest absolute Gasteiger partial charge is 0.407 e. The van der Waals surface area contributed by atoms with Gasteiger partial charge in [0.25, 0.3) is 0 Å². The molecule has 0 radical (unpaired) electrons. The Morgan fingerprint density at radius 1 is 1.08 bits per heavy atom. The predicted molar refractivity (Wildman–Crippen MR) is 205 cm³/mol. The van der Waals surface area contributed by atoms with Crippen LogP contribution in [-0.2, 0) is 11.8 Å². The van der Waals surface area contributed by atoms with Gasteiger partial charge in [-0.15, -0.1) is 5.54 Å². The molecule has 2 saturated heterocycles. The van der Waals surface area contributed by atoms with Gasteiger partial charge >= 0.3 is 11.8 Å². The van der Waals surface area contributed by atoms with E-state index >= 15 is 4.39 Å². The van der Waals surface area contributed by atoms with Crippen molar-refractivity contribution in [1.29, 1.82) is 0 Å². The van der Waals surface area contributed by atoms with Crippen molar-refractivity contribution >= 4 is 41.7 Å². The number of carbonyl (C=O) groups is 1. The number of piperazine rings is 1. The van der Waals surface area contributed by atoms with Crippen LogP contribution in [0.25, 0.3) is 21.7 Å². The van der Waals surface area contributed by atoms with Crippen molar-refractivity contribution < 1.29 is 28.5 Å². The van der Waals surface area contributed by atoms with E-state index in [-0.39, 0.29) is 12.4 Å². The molecule has 13 heteroatoms. The molecular formula is C40H48FN5O6Si. The molecule has 3 aliphatic heterocycles.